The zero-order valence-corrected chi connectivity index (χ0v) is 14.6. The van der Waals surface area contributed by atoms with Crippen molar-refractivity contribution < 1.29 is 0 Å². The standard InChI is InChI=1S/C22H32/c1-5-16-7-9-19-18-8-6-17-14-15(2)10-12-22(17,4)20(18)11-13-21(16,19)3/h5,10,12,14-16,18-20H,1,6-9,11,13H2,2-4H3/t15-,16-,18?,19?,20?,21+,22-/m0/s1. The molecular weight excluding hydrogens is 264 g/mol. The van der Waals surface area contributed by atoms with Crippen molar-refractivity contribution in [3.8, 4) is 0 Å². The van der Waals surface area contributed by atoms with Gasteiger partial charge in [-0.05, 0) is 73.5 Å². The summed E-state index contributed by atoms with van der Waals surface area (Å²) in [6.07, 6.45) is 18.4. The molecule has 4 aliphatic rings. The van der Waals surface area contributed by atoms with Crippen LogP contribution >= 0.6 is 0 Å². The van der Waals surface area contributed by atoms with Crippen LogP contribution in [0, 0.1) is 40.4 Å². The van der Waals surface area contributed by atoms with Gasteiger partial charge in [-0.2, -0.15) is 0 Å². The van der Waals surface area contributed by atoms with E-state index in [4.69, 9.17) is 0 Å². The molecule has 0 radical (unpaired) electrons. The largest absolute Gasteiger partial charge is 0.103 e. The lowest BCUT2D eigenvalue weighted by Crippen LogP contribution is -2.49. The van der Waals surface area contributed by atoms with Gasteiger partial charge in [-0.25, -0.2) is 0 Å². The smallest absolute Gasteiger partial charge is 0.00938 e. The summed E-state index contributed by atoms with van der Waals surface area (Å²) in [6, 6.07) is 0. The zero-order chi connectivity index (χ0) is 15.5. The Balaban J connectivity index is 1.68. The van der Waals surface area contributed by atoms with Crippen LogP contribution in [0.2, 0.25) is 0 Å². The van der Waals surface area contributed by atoms with Crippen molar-refractivity contribution in [2.75, 3.05) is 0 Å². The van der Waals surface area contributed by atoms with Crippen LogP contribution in [0.3, 0.4) is 0 Å². The second-order valence-corrected chi connectivity index (χ2v) is 9.07. The molecule has 0 nitrogen and oxygen atoms in total. The molecule has 3 unspecified atom stereocenters. The molecule has 0 saturated heterocycles. The van der Waals surface area contributed by atoms with E-state index in [-0.39, 0.29) is 0 Å². The first kappa shape index (κ1) is 14.8. The fraction of sp³-hybridized carbons (Fsp3) is 0.727. The van der Waals surface area contributed by atoms with E-state index in [0.717, 1.165) is 23.7 Å². The van der Waals surface area contributed by atoms with Gasteiger partial charge in [-0.3, -0.25) is 0 Å². The predicted molar refractivity (Wildman–Crippen MR) is 94.5 cm³/mol. The third-order valence-electron chi connectivity index (χ3n) is 8.21. The van der Waals surface area contributed by atoms with Crippen molar-refractivity contribution in [1.82, 2.24) is 0 Å². The maximum Gasteiger partial charge on any atom is 0.00938 e. The van der Waals surface area contributed by atoms with Crippen molar-refractivity contribution in [2.24, 2.45) is 40.4 Å². The Morgan fingerprint density at radius 3 is 2.73 bits per heavy atom. The van der Waals surface area contributed by atoms with Gasteiger partial charge in [0.2, 0.25) is 0 Å². The first-order chi connectivity index (χ1) is 10.5. The lowest BCUT2D eigenvalue weighted by molar-refractivity contribution is -0.0266. The maximum atomic E-state index is 4.15. The minimum absolute atomic E-state index is 0.364. The van der Waals surface area contributed by atoms with Crippen LogP contribution < -0.4 is 0 Å². The van der Waals surface area contributed by atoms with Gasteiger partial charge in [0.15, 0.2) is 0 Å². The van der Waals surface area contributed by atoms with Gasteiger partial charge in [0.05, 0.1) is 0 Å². The Hall–Kier alpha value is -0.780. The van der Waals surface area contributed by atoms with Crippen LogP contribution in [0.4, 0.5) is 0 Å². The second-order valence-electron chi connectivity index (χ2n) is 9.07. The SMILES string of the molecule is C=C[C@H]1CCC2C3CCC4=C[C@@H](C)C=C[C@]4(C)C3CC[C@@]21C. The van der Waals surface area contributed by atoms with Gasteiger partial charge in [0, 0.05) is 5.41 Å². The van der Waals surface area contributed by atoms with Gasteiger partial charge in [-0.15, -0.1) is 6.58 Å². The first-order valence-electron chi connectivity index (χ1n) is 9.52. The average Bonchev–Trinajstić information content (AvgIpc) is 2.84. The molecular formula is C22H32. The van der Waals surface area contributed by atoms with Crippen LogP contribution in [0.5, 0.6) is 0 Å². The van der Waals surface area contributed by atoms with E-state index in [1.807, 2.05) is 0 Å². The van der Waals surface area contributed by atoms with Gasteiger partial charge in [-0.1, -0.05) is 50.6 Å². The molecule has 0 heteroatoms. The fourth-order valence-electron chi connectivity index (χ4n) is 6.91. The maximum absolute atomic E-state index is 4.15. The molecule has 3 saturated carbocycles. The third kappa shape index (κ3) is 1.82. The summed E-state index contributed by atoms with van der Waals surface area (Å²) in [5.74, 6) is 4.19. The molecule has 0 amide bonds. The monoisotopic (exact) mass is 296 g/mol. The Morgan fingerprint density at radius 2 is 1.95 bits per heavy atom. The minimum Gasteiger partial charge on any atom is -0.103 e. The third-order valence-corrected chi connectivity index (χ3v) is 8.21. The summed E-state index contributed by atoms with van der Waals surface area (Å²) in [7, 11) is 0. The van der Waals surface area contributed by atoms with Crippen molar-refractivity contribution in [2.45, 2.75) is 59.3 Å². The molecule has 0 bridgehead atoms. The highest BCUT2D eigenvalue weighted by Crippen LogP contribution is 2.66. The summed E-state index contributed by atoms with van der Waals surface area (Å²) < 4.78 is 0. The van der Waals surface area contributed by atoms with Gasteiger partial charge < -0.3 is 0 Å². The van der Waals surface area contributed by atoms with E-state index in [9.17, 15) is 0 Å². The highest BCUT2D eigenvalue weighted by molar-refractivity contribution is 5.32. The molecule has 0 spiro atoms. The van der Waals surface area contributed by atoms with Crippen LogP contribution in [0.1, 0.15) is 59.3 Å². The lowest BCUT2D eigenvalue weighted by Gasteiger charge is -2.57. The Bertz CT molecular complexity index is 538. The highest BCUT2D eigenvalue weighted by Gasteiger charge is 2.57. The van der Waals surface area contributed by atoms with Crippen molar-refractivity contribution in [1.29, 1.82) is 0 Å². The fourth-order valence-corrected chi connectivity index (χ4v) is 6.91. The van der Waals surface area contributed by atoms with E-state index in [1.54, 1.807) is 5.57 Å². The van der Waals surface area contributed by atoms with Gasteiger partial charge in [0.25, 0.3) is 0 Å². The normalized spacial score (nSPS) is 53.2. The van der Waals surface area contributed by atoms with E-state index in [2.05, 4.69) is 51.7 Å². The van der Waals surface area contributed by atoms with Crippen LogP contribution in [0.15, 0.2) is 36.5 Å². The molecule has 3 fully saturated rings. The molecule has 7 atom stereocenters. The van der Waals surface area contributed by atoms with Gasteiger partial charge >= 0.3 is 0 Å². The molecule has 0 N–H and O–H groups in total. The highest BCUT2D eigenvalue weighted by atomic mass is 14.6. The van der Waals surface area contributed by atoms with Gasteiger partial charge in [0.1, 0.15) is 0 Å². The zero-order valence-electron chi connectivity index (χ0n) is 14.6. The Morgan fingerprint density at radius 1 is 1.14 bits per heavy atom. The molecule has 0 aromatic rings. The Kier molecular flexibility index (Phi) is 3.26. The van der Waals surface area contributed by atoms with Crippen LogP contribution in [0.25, 0.3) is 0 Å². The number of rotatable bonds is 1. The minimum atomic E-state index is 0.364. The summed E-state index contributed by atoms with van der Waals surface area (Å²) in [6.45, 7) is 11.6. The van der Waals surface area contributed by atoms with E-state index in [1.165, 1.54) is 38.5 Å². The quantitative estimate of drug-likeness (QED) is 0.508. The van der Waals surface area contributed by atoms with Crippen molar-refractivity contribution >= 4 is 0 Å². The molecule has 4 aliphatic carbocycles. The predicted octanol–water partition coefficient (Wildman–Crippen LogP) is 6.16. The molecule has 120 valence electrons. The van der Waals surface area contributed by atoms with E-state index >= 15 is 0 Å². The first-order valence-corrected chi connectivity index (χ1v) is 9.52. The number of fused-ring (bicyclic) bond motifs is 5. The Labute approximate surface area is 136 Å². The molecule has 0 heterocycles. The second kappa shape index (κ2) is 4.86. The average molecular weight is 296 g/mol. The molecule has 0 aromatic carbocycles. The van der Waals surface area contributed by atoms with Crippen LogP contribution in [-0.2, 0) is 0 Å². The van der Waals surface area contributed by atoms with Crippen molar-refractivity contribution in [3.63, 3.8) is 0 Å². The topological polar surface area (TPSA) is 0 Å². The summed E-state index contributed by atoms with van der Waals surface area (Å²) in [4.78, 5) is 0. The summed E-state index contributed by atoms with van der Waals surface area (Å²) >= 11 is 0. The molecule has 22 heavy (non-hydrogen) atoms. The molecule has 0 aromatic heterocycles. The summed E-state index contributed by atoms with van der Waals surface area (Å²) in [5.41, 5.74) is 2.67. The number of hydrogen-bond donors (Lipinski definition) is 0. The molecule has 0 aliphatic heterocycles. The van der Waals surface area contributed by atoms with E-state index < -0.39 is 0 Å². The van der Waals surface area contributed by atoms with Crippen molar-refractivity contribution in [3.05, 3.63) is 36.5 Å². The van der Waals surface area contributed by atoms with E-state index in [0.29, 0.717) is 16.7 Å². The van der Waals surface area contributed by atoms with Crippen LogP contribution in [-0.4, -0.2) is 0 Å². The lowest BCUT2D eigenvalue weighted by atomic mass is 9.47. The number of hydrogen-bond acceptors (Lipinski definition) is 0. The number of allylic oxidation sites excluding steroid dienone is 5. The molecule has 4 rings (SSSR count). The summed E-state index contributed by atoms with van der Waals surface area (Å²) in [5, 5.41) is 0.